The van der Waals surface area contributed by atoms with Crippen LogP contribution < -0.4 is 5.73 Å². The highest BCUT2D eigenvalue weighted by Crippen LogP contribution is 2.72. The van der Waals surface area contributed by atoms with Crippen molar-refractivity contribution >= 4 is 40.4 Å². The molecule has 0 amide bonds. The molecule has 0 radical (unpaired) electrons. The van der Waals surface area contributed by atoms with Gasteiger partial charge in [0.05, 0.1) is 16.3 Å². The number of benzene rings is 1. The third kappa shape index (κ3) is 2.41. The molecule has 2 heterocycles. The van der Waals surface area contributed by atoms with Gasteiger partial charge in [-0.15, -0.1) is 0 Å². The van der Waals surface area contributed by atoms with Gasteiger partial charge in [-0.3, -0.25) is 9.98 Å². The van der Waals surface area contributed by atoms with Crippen molar-refractivity contribution in [3.05, 3.63) is 63.9 Å². The number of hydrogen-bond donors (Lipinski definition) is 1. The van der Waals surface area contributed by atoms with Crippen LogP contribution >= 0.6 is 23.4 Å². The molecule has 0 bridgehead atoms. The monoisotopic (exact) mass is 399 g/mol. The second-order valence-corrected chi connectivity index (χ2v) is 9.81. The van der Waals surface area contributed by atoms with Crippen molar-refractivity contribution in [3.63, 3.8) is 0 Å². The second kappa shape index (κ2) is 5.58. The van der Waals surface area contributed by atoms with Crippen LogP contribution in [0.3, 0.4) is 0 Å². The van der Waals surface area contributed by atoms with Gasteiger partial charge >= 0.3 is 0 Å². The Bertz CT molecular complexity index is 1020. The number of nitrogens with two attached hydrogens (primary N) is 1. The average molecular weight is 400 g/mol. The van der Waals surface area contributed by atoms with Crippen LogP contribution in [-0.4, -0.2) is 14.9 Å². The Morgan fingerprint density at radius 1 is 1.37 bits per heavy atom. The van der Waals surface area contributed by atoms with E-state index in [9.17, 15) is 4.39 Å². The van der Waals surface area contributed by atoms with E-state index in [1.807, 2.05) is 6.07 Å². The van der Waals surface area contributed by atoms with Gasteiger partial charge in [-0.25, -0.2) is 4.39 Å². The lowest BCUT2D eigenvalue weighted by Crippen LogP contribution is -2.45. The minimum atomic E-state index is -0.383. The predicted molar refractivity (Wildman–Crippen MR) is 110 cm³/mol. The first-order valence-corrected chi connectivity index (χ1v) is 10.2. The van der Waals surface area contributed by atoms with Gasteiger partial charge in [-0.1, -0.05) is 42.4 Å². The maximum Gasteiger partial charge on any atom is 0.155 e. The van der Waals surface area contributed by atoms with Gasteiger partial charge < -0.3 is 5.73 Å². The van der Waals surface area contributed by atoms with Crippen LogP contribution in [0.5, 0.6) is 0 Å². The second-order valence-electron chi connectivity index (χ2n) is 7.87. The summed E-state index contributed by atoms with van der Waals surface area (Å²) in [6.07, 6.45) is 3.88. The Morgan fingerprint density at radius 3 is 2.93 bits per heavy atom. The van der Waals surface area contributed by atoms with E-state index >= 15 is 0 Å². The van der Waals surface area contributed by atoms with Crippen LogP contribution in [0.2, 0.25) is 5.02 Å². The van der Waals surface area contributed by atoms with E-state index in [1.54, 1.807) is 23.9 Å². The normalized spacial score (nSPS) is 33.8. The zero-order chi connectivity index (χ0) is 19.0. The summed E-state index contributed by atoms with van der Waals surface area (Å²) in [7, 11) is 0. The van der Waals surface area contributed by atoms with Crippen LogP contribution in [0.15, 0.2) is 41.5 Å². The first kappa shape index (κ1) is 17.3. The number of thioether (sulfide) groups is 1. The van der Waals surface area contributed by atoms with Gasteiger partial charge in [0.1, 0.15) is 5.83 Å². The first-order chi connectivity index (χ1) is 12.8. The largest absolute Gasteiger partial charge is 0.378 e. The van der Waals surface area contributed by atoms with Crippen LogP contribution in [0.4, 0.5) is 4.39 Å². The molecule has 0 saturated heterocycles. The van der Waals surface area contributed by atoms with Crippen molar-refractivity contribution in [1.29, 1.82) is 0 Å². The van der Waals surface area contributed by atoms with Gasteiger partial charge in [-0.2, -0.15) is 0 Å². The highest BCUT2D eigenvalue weighted by Gasteiger charge is 2.72. The Kier molecular flexibility index (Phi) is 3.57. The maximum atomic E-state index is 14.6. The molecular formula is C21H19ClFN3S. The minimum Gasteiger partial charge on any atom is -0.378 e. The Balaban J connectivity index is 1.52. The number of amidine groups is 1. The Hall–Kier alpha value is -1.85. The van der Waals surface area contributed by atoms with Gasteiger partial charge in [0.25, 0.3) is 0 Å². The van der Waals surface area contributed by atoms with Crippen molar-refractivity contribution in [1.82, 2.24) is 4.98 Å². The van der Waals surface area contributed by atoms with Crippen LogP contribution in [0, 0.1) is 11.8 Å². The van der Waals surface area contributed by atoms with E-state index in [-0.39, 0.29) is 21.8 Å². The molecule has 1 spiro atoms. The van der Waals surface area contributed by atoms with E-state index in [0.29, 0.717) is 22.0 Å². The maximum absolute atomic E-state index is 14.6. The van der Waals surface area contributed by atoms with Gasteiger partial charge in [0.15, 0.2) is 5.17 Å². The zero-order valence-corrected chi connectivity index (χ0v) is 16.6. The molecular weight excluding hydrogens is 381 g/mol. The summed E-state index contributed by atoms with van der Waals surface area (Å²) in [5.74, 6) is 0.665. The molecule has 1 fully saturated rings. The number of hydrogen-bond acceptors (Lipinski definition) is 4. The van der Waals surface area contributed by atoms with Crippen molar-refractivity contribution < 1.29 is 4.39 Å². The standard InChI is InChI=1S/C21H19ClFN3S/c1-11-18-20(11,2)27-19(24)26-21(18)9-13-4-3-12(7-15(13)21)8-16(23)17-6-5-14(22)10-25-17/h3-8,10-11,18H,9H2,1-2H3,(H2,24,26)/b16-8-/t11?,18?,20-,21+/m0/s1. The molecule has 3 aliphatic rings. The molecule has 2 aliphatic carbocycles. The summed E-state index contributed by atoms with van der Waals surface area (Å²) >= 11 is 7.53. The van der Waals surface area contributed by atoms with E-state index < -0.39 is 0 Å². The summed E-state index contributed by atoms with van der Waals surface area (Å²) in [5, 5.41) is 1.16. The quantitative estimate of drug-likeness (QED) is 0.769. The van der Waals surface area contributed by atoms with Gasteiger partial charge in [-0.05, 0) is 53.8 Å². The van der Waals surface area contributed by atoms with Gasteiger partial charge in [0.2, 0.25) is 0 Å². The van der Waals surface area contributed by atoms with Crippen LogP contribution in [-0.2, 0) is 12.0 Å². The molecule has 4 atom stereocenters. The highest BCUT2D eigenvalue weighted by atomic mass is 35.5. The molecule has 6 heteroatoms. The van der Waals surface area contributed by atoms with Crippen molar-refractivity contribution in [2.24, 2.45) is 22.6 Å². The number of aliphatic imine (C=N–C) groups is 1. The van der Waals surface area contributed by atoms with E-state index in [4.69, 9.17) is 22.3 Å². The molecule has 5 rings (SSSR count). The fraction of sp³-hybridized carbons (Fsp3) is 0.333. The highest BCUT2D eigenvalue weighted by molar-refractivity contribution is 8.15. The van der Waals surface area contributed by atoms with Gasteiger partial charge in [0, 0.05) is 23.3 Å². The Labute approximate surface area is 166 Å². The third-order valence-corrected chi connectivity index (χ3v) is 7.98. The third-order valence-electron chi connectivity index (χ3n) is 6.39. The van der Waals surface area contributed by atoms with Crippen molar-refractivity contribution in [3.8, 4) is 0 Å². The number of pyridine rings is 1. The van der Waals surface area contributed by atoms with Crippen LogP contribution in [0.1, 0.15) is 36.2 Å². The molecule has 1 saturated carbocycles. The average Bonchev–Trinajstić information content (AvgIpc) is 3.16. The molecule has 2 aromatic rings. The summed E-state index contributed by atoms with van der Waals surface area (Å²) in [6, 6.07) is 9.30. The first-order valence-electron chi connectivity index (χ1n) is 9.00. The van der Waals surface area contributed by atoms with Crippen molar-refractivity contribution in [2.75, 3.05) is 0 Å². The summed E-state index contributed by atoms with van der Waals surface area (Å²) in [5.41, 5.74) is 9.49. The smallest absolute Gasteiger partial charge is 0.155 e. The molecule has 2 N–H and O–H groups in total. The number of nitrogens with zero attached hydrogens (tertiary/aromatic N) is 2. The molecule has 3 nitrogen and oxygen atoms in total. The SMILES string of the molecule is CC1C2[C@@]1(C)SC(N)=N[C@@]21Cc2ccc(/C=C(\F)c3ccc(Cl)cn3)cc21. The molecule has 1 aromatic carbocycles. The number of fused-ring (bicyclic) bond motifs is 4. The molecule has 138 valence electrons. The van der Waals surface area contributed by atoms with E-state index in [2.05, 4.69) is 31.0 Å². The topological polar surface area (TPSA) is 51.3 Å². The lowest BCUT2D eigenvalue weighted by molar-refractivity contribution is 0.313. The summed E-state index contributed by atoms with van der Waals surface area (Å²) in [4.78, 5) is 8.93. The number of halogens is 2. The summed E-state index contributed by atoms with van der Waals surface area (Å²) < 4.78 is 14.8. The van der Waals surface area contributed by atoms with Crippen LogP contribution in [0.25, 0.3) is 11.9 Å². The Morgan fingerprint density at radius 2 is 2.19 bits per heavy atom. The van der Waals surface area contributed by atoms with E-state index in [1.165, 1.54) is 23.4 Å². The van der Waals surface area contributed by atoms with Crippen molar-refractivity contribution in [2.45, 2.75) is 30.6 Å². The lowest BCUT2D eigenvalue weighted by atomic mass is 9.66. The van der Waals surface area contributed by atoms with E-state index in [0.717, 1.165) is 12.0 Å². The fourth-order valence-corrected chi connectivity index (χ4v) is 6.44. The zero-order valence-electron chi connectivity index (χ0n) is 15.0. The molecule has 2 unspecified atom stereocenters. The molecule has 27 heavy (non-hydrogen) atoms. The lowest BCUT2D eigenvalue weighted by Gasteiger charge is -2.45. The summed E-state index contributed by atoms with van der Waals surface area (Å²) in [6.45, 7) is 4.56. The predicted octanol–water partition coefficient (Wildman–Crippen LogP) is 5.04. The molecule has 1 aliphatic heterocycles. The minimum absolute atomic E-state index is 0.161. The number of aromatic nitrogens is 1. The number of rotatable bonds is 2. The molecule has 1 aromatic heterocycles. The fourth-order valence-electron chi connectivity index (χ4n) is 4.89.